The first-order valence-corrected chi connectivity index (χ1v) is 4.10. The van der Waals surface area contributed by atoms with Crippen molar-refractivity contribution in [3.05, 3.63) is 0 Å². The molecule has 0 aliphatic rings. The molecule has 0 aromatic heterocycles. The molecule has 11 heavy (non-hydrogen) atoms. The lowest BCUT2D eigenvalue weighted by Gasteiger charge is -2.06. The predicted molar refractivity (Wildman–Crippen MR) is 48.2 cm³/mol. The minimum Gasteiger partial charge on any atom is -0.355 e. The van der Waals surface area contributed by atoms with E-state index in [2.05, 4.69) is 29.6 Å². The van der Waals surface area contributed by atoms with E-state index in [4.69, 9.17) is 5.84 Å². The summed E-state index contributed by atoms with van der Waals surface area (Å²) in [5, 5.41) is 3.07. The van der Waals surface area contributed by atoms with Crippen molar-refractivity contribution >= 4 is 5.96 Å². The van der Waals surface area contributed by atoms with E-state index in [9.17, 15) is 0 Å². The summed E-state index contributed by atoms with van der Waals surface area (Å²) in [4.78, 5) is 4.17. The topological polar surface area (TPSA) is 62.4 Å². The van der Waals surface area contributed by atoms with Crippen LogP contribution >= 0.6 is 0 Å². The molecule has 0 aromatic rings. The summed E-state index contributed by atoms with van der Waals surface area (Å²) in [6, 6.07) is 0. The Kier molecular flexibility index (Phi) is 6.82. The van der Waals surface area contributed by atoms with Crippen molar-refractivity contribution in [1.29, 1.82) is 0 Å². The summed E-state index contributed by atoms with van der Waals surface area (Å²) in [6.07, 6.45) is 2.12. The first kappa shape index (κ1) is 10.2. The number of rotatable bonds is 4. The van der Waals surface area contributed by atoms with Crippen LogP contribution in [0.4, 0.5) is 0 Å². The molecule has 4 N–H and O–H groups in total. The van der Waals surface area contributed by atoms with Gasteiger partial charge in [-0.1, -0.05) is 13.8 Å². The standard InChI is InChI=1S/C7H18N4/c1-3-5-9-7(11-8)10-6-4-2/h3-6,8H2,1-2H3,(H2,9,10,11). The zero-order valence-corrected chi connectivity index (χ0v) is 7.35. The van der Waals surface area contributed by atoms with Gasteiger partial charge in [0.05, 0.1) is 0 Å². The third kappa shape index (κ3) is 5.66. The number of hydrogen-bond donors (Lipinski definition) is 3. The zero-order chi connectivity index (χ0) is 8.53. The predicted octanol–water partition coefficient (Wildman–Crippen LogP) is 0.215. The molecule has 4 heteroatoms. The average molecular weight is 158 g/mol. The van der Waals surface area contributed by atoms with Crippen LogP contribution in [0.1, 0.15) is 26.7 Å². The maximum Gasteiger partial charge on any atom is 0.205 e. The Morgan fingerprint density at radius 2 is 2.09 bits per heavy atom. The molecule has 0 aliphatic carbocycles. The van der Waals surface area contributed by atoms with Gasteiger partial charge in [-0.2, -0.15) is 0 Å². The van der Waals surface area contributed by atoms with Crippen LogP contribution in [0.5, 0.6) is 0 Å². The highest BCUT2D eigenvalue weighted by atomic mass is 15.3. The lowest BCUT2D eigenvalue weighted by atomic mass is 10.5. The van der Waals surface area contributed by atoms with Crippen molar-refractivity contribution in [3.63, 3.8) is 0 Å². The highest BCUT2D eigenvalue weighted by Crippen LogP contribution is 1.77. The number of guanidine groups is 1. The number of nitrogens with zero attached hydrogens (tertiary/aromatic N) is 1. The summed E-state index contributed by atoms with van der Waals surface area (Å²) in [6.45, 7) is 5.90. The summed E-state index contributed by atoms with van der Waals surface area (Å²) >= 11 is 0. The number of aliphatic imine (C=N–C) groups is 1. The Morgan fingerprint density at radius 3 is 2.55 bits per heavy atom. The van der Waals surface area contributed by atoms with Gasteiger partial charge in [0.25, 0.3) is 0 Å². The Morgan fingerprint density at radius 1 is 1.36 bits per heavy atom. The molecule has 0 spiro atoms. The Labute approximate surface area is 68.2 Å². The normalized spacial score (nSPS) is 11.4. The van der Waals surface area contributed by atoms with Gasteiger partial charge in [-0.15, -0.1) is 0 Å². The van der Waals surface area contributed by atoms with E-state index >= 15 is 0 Å². The molecule has 0 rings (SSSR count). The van der Waals surface area contributed by atoms with E-state index in [-0.39, 0.29) is 0 Å². The molecule has 0 atom stereocenters. The van der Waals surface area contributed by atoms with Gasteiger partial charge in [-0.25, -0.2) is 5.84 Å². The molecule has 0 unspecified atom stereocenters. The summed E-state index contributed by atoms with van der Waals surface area (Å²) in [7, 11) is 0. The van der Waals surface area contributed by atoms with E-state index in [1.54, 1.807) is 0 Å². The lowest BCUT2D eigenvalue weighted by molar-refractivity contribution is 0.785. The van der Waals surface area contributed by atoms with Crippen molar-refractivity contribution in [3.8, 4) is 0 Å². The Bertz CT molecular complexity index is 111. The van der Waals surface area contributed by atoms with E-state index in [1.807, 2.05) is 0 Å². The van der Waals surface area contributed by atoms with Crippen LogP contribution in [-0.4, -0.2) is 19.0 Å². The quantitative estimate of drug-likeness (QED) is 0.237. The summed E-state index contributed by atoms with van der Waals surface area (Å²) < 4.78 is 0. The molecule has 0 amide bonds. The highest BCUT2D eigenvalue weighted by Gasteiger charge is 1.90. The van der Waals surface area contributed by atoms with E-state index in [0.717, 1.165) is 25.9 Å². The maximum atomic E-state index is 5.21. The van der Waals surface area contributed by atoms with Crippen molar-refractivity contribution in [2.24, 2.45) is 10.8 Å². The molecule has 0 bridgehead atoms. The van der Waals surface area contributed by atoms with Crippen LogP contribution in [0, 0.1) is 0 Å². The maximum absolute atomic E-state index is 5.21. The van der Waals surface area contributed by atoms with Crippen LogP contribution in [0.15, 0.2) is 4.99 Å². The molecule has 4 nitrogen and oxygen atoms in total. The third-order valence-corrected chi connectivity index (χ3v) is 1.17. The molecule has 0 aliphatic heterocycles. The minimum atomic E-state index is 0.689. The molecule has 0 saturated heterocycles. The van der Waals surface area contributed by atoms with Gasteiger partial charge in [0, 0.05) is 13.1 Å². The number of hydrazine groups is 1. The van der Waals surface area contributed by atoms with E-state index in [0.29, 0.717) is 5.96 Å². The fourth-order valence-electron chi connectivity index (χ4n) is 0.620. The fourth-order valence-corrected chi connectivity index (χ4v) is 0.620. The van der Waals surface area contributed by atoms with Gasteiger partial charge in [-0.05, 0) is 12.8 Å². The SMILES string of the molecule is CCCN=C(NN)NCCC. The van der Waals surface area contributed by atoms with Gasteiger partial charge in [-0.3, -0.25) is 10.4 Å². The molecule has 0 radical (unpaired) electrons. The van der Waals surface area contributed by atoms with Gasteiger partial charge < -0.3 is 5.32 Å². The van der Waals surface area contributed by atoms with Crippen molar-refractivity contribution in [2.45, 2.75) is 26.7 Å². The molecule has 0 aromatic carbocycles. The van der Waals surface area contributed by atoms with Crippen molar-refractivity contribution < 1.29 is 0 Å². The van der Waals surface area contributed by atoms with Crippen LogP contribution < -0.4 is 16.6 Å². The molecule has 0 heterocycles. The van der Waals surface area contributed by atoms with Crippen LogP contribution in [0.3, 0.4) is 0 Å². The first-order valence-electron chi connectivity index (χ1n) is 4.10. The van der Waals surface area contributed by atoms with Gasteiger partial charge in [0.15, 0.2) is 0 Å². The third-order valence-electron chi connectivity index (χ3n) is 1.17. The zero-order valence-electron chi connectivity index (χ0n) is 7.35. The largest absolute Gasteiger partial charge is 0.355 e. The number of nitrogens with one attached hydrogen (secondary N) is 2. The Hall–Kier alpha value is -0.770. The smallest absolute Gasteiger partial charge is 0.205 e. The number of nitrogens with two attached hydrogens (primary N) is 1. The van der Waals surface area contributed by atoms with Gasteiger partial charge in [0.1, 0.15) is 0 Å². The second-order valence-corrected chi connectivity index (χ2v) is 2.30. The van der Waals surface area contributed by atoms with Crippen molar-refractivity contribution in [2.75, 3.05) is 13.1 Å². The molecule has 66 valence electrons. The van der Waals surface area contributed by atoms with E-state index in [1.165, 1.54) is 0 Å². The van der Waals surface area contributed by atoms with Crippen LogP contribution in [0.2, 0.25) is 0 Å². The molecular weight excluding hydrogens is 140 g/mol. The van der Waals surface area contributed by atoms with Gasteiger partial charge in [0.2, 0.25) is 5.96 Å². The fraction of sp³-hybridized carbons (Fsp3) is 0.857. The highest BCUT2D eigenvalue weighted by molar-refractivity contribution is 5.79. The monoisotopic (exact) mass is 158 g/mol. The lowest BCUT2D eigenvalue weighted by Crippen LogP contribution is -2.41. The Balaban J connectivity index is 3.55. The van der Waals surface area contributed by atoms with Gasteiger partial charge >= 0.3 is 0 Å². The first-order chi connectivity index (χ1) is 5.35. The summed E-state index contributed by atoms with van der Waals surface area (Å²) in [5.41, 5.74) is 2.51. The molecule has 0 saturated carbocycles. The van der Waals surface area contributed by atoms with Crippen molar-refractivity contribution in [1.82, 2.24) is 10.7 Å². The minimum absolute atomic E-state index is 0.689. The van der Waals surface area contributed by atoms with Crippen LogP contribution in [-0.2, 0) is 0 Å². The second kappa shape index (κ2) is 7.34. The van der Waals surface area contributed by atoms with E-state index < -0.39 is 0 Å². The second-order valence-electron chi connectivity index (χ2n) is 2.30. The number of hydrogen-bond acceptors (Lipinski definition) is 2. The summed E-state index contributed by atoms with van der Waals surface area (Å²) in [5.74, 6) is 5.90. The average Bonchev–Trinajstić information content (AvgIpc) is 2.05. The van der Waals surface area contributed by atoms with Crippen LogP contribution in [0.25, 0.3) is 0 Å². The molecule has 0 fully saturated rings. The molecular formula is C7H18N4.